The molecular weight excluding hydrogens is 202 g/mol. The molecule has 0 amide bonds. The summed E-state index contributed by atoms with van der Waals surface area (Å²) in [5.41, 5.74) is 2.80. The molecule has 0 radical (unpaired) electrons. The Hall–Kier alpha value is -1.13. The van der Waals surface area contributed by atoms with Crippen molar-refractivity contribution in [2.75, 3.05) is 6.61 Å². The van der Waals surface area contributed by atoms with Crippen molar-refractivity contribution in [3.8, 4) is 0 Å². The molecule has 0 fully saturated rings. The van der Waals surface area contributed by atoms with E-state index in [4.69, 9.17) is 16.3 Å². The van der Waals surface area contributed by atoms with E-state index in [1.165, 1.54) is 0 Å². The molecule has 0 saturated heterocycles. The molecule has 0 bridgehead atoms. The first-order chi connectivity index (χ1) is 6.86. The van der Waals surface area contributed by atoms with Crippen molar-refractivity contribution >= 4 is 17.2 Å². The maximum Gasteiger partial charge on any atom is 0.156 e. The van der Waals surface area contributed by atoms with Gasteiger partial charge in [0.15, 0.2) is 5.65 Å². The van der Waals surface area contributed by atoms with Gasteiger partial charge in [-0.15, -0.1) is 0 Å². The molecule has 14 heavy (non-hydrogen) atoms. The van der Waals surface area contributed by atoms with E-state index in [1.807, 2.05) is 6.07 Å². The highest BCUT2D eigenvalue weighted by Gasteiger charge is 2.17. The summed E-state index contributed by atoms with van der Waals surface area (Å²) in [6.07, 6.45) is 2.53. The molecule has 4 nitrogen and oxygen atoms in total. The fraction of sp³-hybridized carbons (Fsp3) is 0.333. The smallest absolute Gasteiger partial charge is 0.156 e. The van der Waals surface area contributed by atoms with Crippen molar-refractivity contribution < 1.29 is 4.74 Å². The van der Waals surface area contributed by atoms with E-state index in [0.717, 1.165) is 29.9 Å². The molecule has 0 atom stereocenters. The summed E-state index contributed by atoms with van der Waals surface area (Å²) in [5, 5.41) is 4.71. The quantitative estimate of drug-likeness (QED) is 0.617. The number of aromatic nitrogens is 3. The third-order valence-electron chi connectivity index (χ3n) is 2.39. The lowest BCUT2D eigenvalue weighted by molar-refractivity contribution is 0.109. The van der Waals surface area contributed by atoms with E-state index in [0.29, 0.717) is 11.8 Å². The van der Waals surface area contributed by atoms with Crippen LogP contribution in [0.1, 0.15) is 11.3 Å². The molecule has 2 aromatic rings. The molecule has 0 aliphatic carbocycles. The van der Waals surface area contributed by atoms with Gasteiger partial charge in [-0.3, -0.25) is 0 Å². The Morgan fingerprint density at radius 1 is 1.50 bits per heavy atom. The predicted octanol–water partition coefficient (Wildman–Crippen LogP) is 1.46. The lowest BCUT2D eigenvalue weighted by Gasteiger charge is -2.16. The molecule has 72 valence electrons. The van der Waals surface area contributed by atoms with Crippen LogP contribution in [0.4, 0.5) is 0 Å². The van der Waals surface area contributed by atoms with E-state index in [9.17, 15) is 0 Å². The molecule has 0 unspecified atom stereocenters. The van der Waals surface area contributed by atoms with Gasteiger partial charge >= 0.3 is 0 Å². The monoisotopic (exact) mass is 209 g/mol. The third-order valence-corrected chi connectivity index (χ3v) is 2.77. The first kappa shape index (κ1) is 8.20. The van der Waals surface area contributed by atoms with Crippen molar-refractivity contribution in [3.05, 3.63) is 28.7 Å². The second-order valence-electron chi connectivity index (χ2n) is 3.23. The Balaban J connectivity index is 2.36. The normalized spacial score (nSPS) is 15.8. The van der Waals surface area contributed by atoms with E-state index >= 15 is 0 Å². The van der Waals surface area contributed by atoms with Gasteiger partial charge in [0.05, 0.1) is 25.1 Å². The summed E-state index contributed by atoms with van der Waals surface area (Å²) < 4.78 is 6.97. The first-order valence-electron chi connectivity index (χ1n) is 4.45. The summed E-state index contributed by atoms with van der Waals surface area (Å²) in [7, 11) is 0. The zero-order valence-corrected chi connectivity index (χ0v) is 8.16. The Labute approximate surface area is 85.5 Å². The molecule has 0 spiro atoms. The van der Waals surface area contributed by atoms with E-state index in [-0.39, 0.29) is 0 Å². The molecule has 1 aliphatic heterocycles. The van der Waals surface area contributed by atoms with Gasteiger partial charge in [0.2, 0.25) is 0 Å². The second-order valence-corrected chi connectivity index (χ2v) is 3.59. The SMILES string of the molecule is Clc1c2c(nc3ccnn13)CCOC2. The van der Waals surface area contributed by atoms with Crippen molar-refractivity contribution in [3.63, 3.8) is 0 Å². The molecule has 0 aromatic carbocycles. The summed E-state index contributed by atoms with van der Waals surface area (Å²) in [6, 6.07) is 1.85. The summed E-state index contributed by atoms with van der Waals surface area (Å²) >= 11 is 6.18. The fourth-order valence-electron chi connectivity index (χ4n) is 1.68. The molecule has 1 aliphatic rings. The maximum atomic E-state index is 6.18. The largest absolute Gasteiger partial charge is 0.376 e. The van der Waals surface area contributed by atoms with Crippen molar-refractivity contribution in [2.45, 2.75) is 13.0 Å². The molecule has 3 rings (SSSR count). The van der Waals surface area contributed by atoms with E-state index in [2.05, 4.69) is 10.1 Å². The molecule has 0 N–H and O–H groups in total. The van der Waals surface area contributed by atoms with Crippen LogP contribution in [0, 0.1) is 0 Å². The number of ether oxygens (including phenoxy) is 1. The minimum absolute atomic E-state index is 0.539. The first-order valence-corrected chi connectivity index (χ1v) is 4.83. The van der Waals surface area contributed by atoms with Gasteiger partial charge in [-0.2, -0.15) is 5.10 Å². The van der Waals surface area contributed by atoms with Crippen LogP contribution in [0.25, 0.3) is 5.65 Å². The molecule has 3 heterocycles. The van der Waals surface area contributed by atoms with Crippen molar-refractivity contribution in [1.82, 2.24) is 14.6 Å². The van der Waals surface area contributed by atoms with Crippen LogP contribution in [-0.2, 0) is 17.8 Å². The van der Waals surface area contributed by atoms with E-state index in [1.54, 1.807) is 10.7 Å². The van der Waals surface area contributed by atoms with Gasteiger partial charge in [0.1, 0.15) is 5.15 Å². The minimum Gasteiger partial charge on any atom is -0.376 e. The minimum atomic E-state index is 0.539. The van der Waals surface area contributed by atoms with Crippen LogP contribution in [0.15, 0.2) is 12.3 Å². The Kier molecular flexibility index (Phi) is 1.72. The highest BCUT2D eigenvalue weighted by Crippen LogP contribution is 2.24. The van der Waals surface area contributed by atoms with Crippen LogP contribution in [-0.4, -0.2) is 21.2 Å². The standard InChI is InChI=1S/C9H8ClN3O/c10-9-6-5-14-4-2-7(6)12-8-1-3-11-13(8)9/h1,3H,2,4-5H2. The molecule has 2 aromatic heterocycles. The number of hydrogen-bond donors (Lipinski definition) is 0. The van der Waals surface area contributed by atoms with Gasteiger partial charge in [-0.1, -0.05) is 11.6 Å². The number of rotatable bonds is 0. The summed E-state index contributed by atoms with van der Waals surface area (Å²) in [6.45, 7) is 1.26. The van der Waals surface area contributed by atoms with Crippen LogP contribution in [0.2, 0.25) is 5.15 Å². The lowest BCUT2D eigenvalue weighted by Crippen LogP contribution is -2.14. The topological polar surface area (TPSA) is 39.4 Å². The Morgan fingerprint density at radius 3 is 3.36 bits per heavy atom. The van der Waals surface area contributed by atoms with Crippen molar-refractivity contribution in [1.29, 1.82) is 0 Å². The van der Waals surface area contributed by atoms with Crippen LogP contribution in [0.5, 0.6) is 0 Å². The number of halogens is 1. The average molecular weight is 210 g/mol. The van der Waals surface area contributed by atoms with Crippen LogP contribution < -0.4 is 0 Å². The molecule has 0 saturated carbocycles. The summed E-state index contributed by atoms with van der Waals surface area (Å²) in [5.74, 6) is 0. The van der Waals surface area contributed by atoms with E-state index < -0.39 is 0 Å². The van der Waals surface area contributed by atoms with Gasteiger partial charge in [0, 0.05) is 18.1 Å². The highest BCUT2D eigenvalue weighted by atomic mass is 35.5. The Bertz CT molecular complexity index is 494. The fourth-order valence-corrected chi connectivity index (χ4v) is 1.97. The van der Waals surface area contributed by atoms with Crippen LogP contribution >= 0.6 is 11.6 Å². The molecule has 5 heteroatoms. The average Bonchev–Trinajstić information content (AvgIpc) is 2.66. The number of fused-ring (bicyclic) bond motifs is 2. The number of nitrogens with zero attached hydrogens (tertiary/aromatic N) is 3. The Morgan fingerprint density at radius 2 is 2.43 bits per heavy atom. The van der Waals surface area contributed by atoms with Crippen molar-refractivity contribution in [2.24, 2.45) is 0 Å². The zero-order valence-electron chi connectivity index (χ0n) is 7.40. The maximum absolute atomic E-state index is 6.18. The van der Waals surface area contributed by atoms with Gasteiger partial charge in [0.25, 0.3) is 0 Å². The van der Waals surface area contributed by atoms with Gasteiger partial charge < -0.3 is 4.74 Å². The summed E-state index contributed by atoms with van der Waals surface area (Å²) in [4.78, 5) is 4.47. The molecular formula is C9H8ClN3O. The van der Waals surface area contributed by atoms with Gasteiger partial charge in [-0.25, -0.2) is 9.50 Å². The van der Waals surface area contributed by atoms with Crippen LogP contribution in [0.3, 0.4) is 0 Å². The second kappa shape index (κ2) is 2.93. The van der Waals surface area contributed by atoms with Gasteiger partial charge in [-0.05, 0) is 0 Å². The lowest BCUT2D eigenvalue weighted by atomic mass is 10.1. The predicted molar refractivity (Wildman–Crippen MR) is 51.4 cm³/mol. The number of hydrogen-bond acceptors (Lipinski definition) is 3. The highest BCUT2D eigenvalue weighted by molar-refractivity contribution is 6.30. The third kappa shape index (κ3) is 1.04. The zero-order chi connectivity index (χ0) is 9.54.